The van der Waals surface area contributed by atoms with Gasteiger partial charge in [-0.2, -0.15) is 0 Å². The lowest BCUT2D eigenvalue weighted by Gasteiger charge is -2.10. The van der Waals surface area contributed by atoms with E-state index in [2.05, 4.69) is 15.3 Å². The Bertz CT molecular complexity index is 370. The summed E-state index contributed by atoms with van der Waals surface area (Å²) in [4.78, 5) is 8.86. The first kappa shape index (κ1) is 10.9. The van der Waals surface area contributed by atoms with E-state index in [9.17, 15) is 5.11 Å². The second kappa shape index (κ2) is 4.47. The van der Waals surface area contributed by atoms with Crippen LogP contribution in [0.3, 0.4) is 0 Å². The molecule has 15 heavy (non-hydrogen) atoms. The molecule has 0 aromatic carbocycles. The molecule has 0 radical (unpaired) electrons. The van der Waals surface area contributed by atoms with Gasteiger partial charge >= 0.3 is 0 Å². The zero-order valence-corrected chi connectivity index (χ0v) is 9.77. The molecular formula is C10H15N3OS. The van der Waals surface area contributed by atoms with E-state index in [4.69, 9.17) is 0 Å². The maximum atomic E-state index is 9.84. The van der Waals surface area contributed by atoms with Gasteiger partial charge in [-0.05, 0) is 26.1 Å². The van der Waals surface area contributed by atoms with Crippen molar-refractivity contribution in [1.29, 1.82) is 0 Å². The van der Waals surface area contributed by atoms with Gasteiger partial charge < -0.3 is 10.4 Å². The molecule has 2 rings (SSSR count). The Morgan fingerprint density at radius 3 is 3.00 bits per heavy atom. The van der Waals surface area contributed by atoms with Gasteiger partial charge in [0.1, 0.15) is 0 Å². The summed E-state index contributed by atoms with van der Waals surface area (Å²) < 4.78 is 0. The average Bonchev–Trinajstić information content (AvgIpc) is 2.61. The van der Waals surface area contributed by atoms with E-state index in [1.54, 1.807) is 11.8 Å². The number of fused-ring (bicyclic) bond motifs is 1. The summed E-state index contributed by atoms with van der Waals surface area (Å²) in [6.07, 6.45) is 3.23. The number of hydrogen-bond donors (Lipinski definition) is 2. The number of aryl methyl sites for hydroxylation is 1. The van der Waals surface area contributed by atoms with Crippen LogP contribution >= 0.6 is 11.8 Å². The quantitative estimate of drug-likeness (QED) is 0.591. The molecule has 1 aromatic heterocycles. The number of aromatic nitrogens is 2. The number of nitrogens with zero attached hydrogens (tertiary/aromatic N) is 2. The molecule has 0 amide bonds. The van der Waals surface area contributed by atoms with Crippen LogP contribution in [0.4, 0.5) is 0 Å². The lowest BCUT2D eigenvalue weighted by atomic mass is 10.1. The van der Waals surface area contributed by atoms with Crippen molar-refractivity contribution in [3.05, 3.63) is 17.0 Å². The van der Waals surface area contributed by atoms with E-state index < -0.39 is 0 Å². The minimum atomic E-state index is -0.376. The van der Waals surface area contributed by atoms with Crippen LogP contribution in [0.25, 0.3) is 0 Å². The van der Waals surface area contributed by atoms with Crippen LogP contribution in [0.15, 0.2) is 5.16 Å². The highest BCUT2D eigenvalue weighted by Crippen LogP contribution is 2.32. The minimum absolute atomic E-state index is 0.376. The largest absolute Gasteiger partial charge is 0.388 e. The normalized spacial score (nSPS) is 19.3. The molecule has 4 nitrogen and oxygen atoms in total. The summed E-state index contributed by atoms with van der Waals surface area (Å²) in [6.45, 7) is 0.690. The van der Waals surface area contributed by atoms with Crippen molar-refractivity contribution in [2.45, 2.75) is 30.6 Å². The molecule has 0 saturated carbocycles. The van der Waals surface area contributed by atoms with Gasteiger partial charge in [-0.1, -0.05) is 11.8 Å². The van der Waals surface area contributed by atoms with E-state index >= 15 is 0 Å². The lowest BCUT2D eigenvalue weighted by molar-refractivity contribution is 0.178. The van der Waals surface area contributed by atoms with Crippen molar-refractivity contribution >= 4 is 11.8 Å². The number of aliphatic hydroxyl groups is 1. The summed E-state index contributed by atoms with van der Waals surface area (Å²) in [7, 11) is 1.88. The Kier molecular flexibility index (Phi) is 3.23. The van der Waals surface area contributed by atoms with Gasteiger partial charge in [0.2, 0.25) is 0 Å². The SMILES string of the molecule is CNCc1nc(SC)nc2c1C(O)CC2. The van der Waals surface area contributed by atoms with Gasteiger partial charge in [-0.15, -0.1) is 0 Å². The highest BCUT2D eigenvalue weighted by molar-refractivity contribution is 7.98. The van der Waals surface area contributed by atoms with Gasteiger partial charge in [0, 0.05) is 12.1 Å². The molecule has 1 aliphatic carbocycles. The molecule has 0 bridgehead atoms. The fraction of sp³-hybridized carbons (Fsp3) is 0.600. The predicted molar refractivity (Wildman–Crippen MR) is 59.9 cm³/mol. The molecule has 1 heterocycles. The topological polar surface area (TPSA) is 58.0 Å². The number of aliphatic hydroxyl groups excluding tert-OH is 1. The van der Waals surface area contributed by atoms with Crippen molar-refractivity contribution in [2.75, 3.05) is 13.3 Å². The smallest absolute Gasteiger partial charge is 0.187 e. The molecule has 0 spiro atoms. The molecule has 1 atom stereocenters. The first-order chi connectivity index (χ1) is 7.26. The van der Waals surface area contributed by atoms with Gasteiger partial charge in [0.05, 0.1) is 17.5 Å². The van der Waals surface area contributed by atoms with E-state index in [1.807, 2.05) is 13.3 Å². The standard InChI is InChI=1S/C10H15N3OS/c1-11-5-7-9-6(3-4-8(9)14)12-10(13-7)15-2/h8,11,14H,3-5H2,1-2H3. The van der Waals surface area contributed by atoms with E-state index in [-0.39, 0.29) is 6.10 Å². The molecule has 5 heteroatoms. The molecule has 2 N–H and O–H groups in total. The number of nitrogens with one attached hydrogen (secondary N) is 1. The maximum Gasteiger partial charge on any atom is 0.187 e. The lowest BCUT2D eigenvalue weighted by Crippen LogP contribution is -2.13. The van der Waals surface area contributed by atoms with Crippen LogP contribution < -0.4 is 5.32 Å². The van der Waals surface area contributed by atoms with Crippen LogP contribution in [-0.4, -0.2) is 28.4 Å². The zero-order chi connectivity index (χ0) is 10.8. The Morgan fingerprint density at radius 1 is 1.53 bits per heavy atom. The highest BCUT2D eigenvalue weighted by Gasteiger charge is 2.26. The number of rotatable bonds is 3. The van der Waals surface area contributed by atoms with Gasteiger partial charge in [0.15, 0.2) is 5.16 Å². The van der Waals surface area contributed by atoms with E-state index in [0.29, 0.717) is 6.54 Å². The van der Waals surface area contributed by atoms with Crippen molar-refractivity contribution in [2.24, 2.45) is 0 Å². The maximum absolute atomic E-state index is 9.84. The van der Waals surface area contributed by atoms with Gasteiger partial charge in [0.25, 0.3) is 0 Å². The highest BCUT2D eigenvalue weighted by atomic mass is 32.2. The fourth-order valence-corrected chi connectivity index (χ4v) is 2.33. The number of thioether (sulfide) groups is 1. The van der Waals surface area contributed by atoms with Crippen molar-refractivity contribution in [1.82, 2.24) is 15.3 Å². The zero-order valence-electron chi connectivity index (χ0n) is 8.95. The van der Waals surface area contributed by atoms with Crippen LogP contribution in [0.1, 0.15) is 29.5 Å². The van der Waals surface area contributed by atoms with Crippen LogP contribution in [0, 0.1) is 0 Å². The molecule has 0 fully saturated rings. The molecule has 1 unspecified atom stereocenters. The Morgan fingerprint density at radius 2 is 2.33 bits per heavy atom. The summed E-state index contributed by atoms with van der Waals surface area (Å²) >= 11 is 1.54. The summed E-state index contributed by atoms with van der Waals surface area (Å²) in [5.41, 5.74) is 2.91. The average molecular weight is 225 g/mol. The summed E-state index contributed by atoms with van der Waals surface area (Å²) in [5, 5.41) is 13.7. The summed E-state index contributed by atoms with van der Waals surface area (Å²) in [6, 6.07) is 0. The Balaban J connectivity index is 2.46. The second-order valence-corrected chi connectivity index (χ2v) is 4.38. The monoisotopic (exact) mass is 225 g/mol. The van der Waals surface area contributed by atoms with Crippen LogP contribution in [0.5, 0.6) is 0 Å². The number of hydrogen-bond acceptors (Lipinski definition) is 5. The third-order valence-corrected chi connectivity index (χ3v) is 3.15. The van der Waals surface area contributed by atoms with E-state index in [0.717, 1.165) is 34.9 Å². The van der Waals surface area contributed by atoms with Crippen molar-refractivity contribution in [3.63, 3.8) is 0 Å². The third-order valence-electron chi connectivity index (χ3n) is 2.60. The first-order valence-corrected chi connectivity index (χ1v) is 6.25. The minimum Gasteiger partial charge on any atom is -0.388 e. The van der Waals surface area contributed by atoms with Gasteiger partial charge in [-0.3, -0.25) is 0 Å². The Hall–Kier alpha value is -0.650. The van der Waals surface area contributed by atoms with Crippen molar-refractivity contribution < 1.29 is 5.11 Å². The van der Waals surface area contributed by atoms with Crippen molar-refractivity contribution in [3.8, 4) is 0 Å². The molecule has 1 aromatic rings. The molecule has 1 aliphatic rings. The van der Waals surface area contributed by atoms with E-state index in [1.165, 1.54) is 0 Å². The first-order valence-electron chi connectivity index (χ1n) is 5.02. The van der Waals surface area contributed by atoms with Crippen LogP contribution in [0.2, 0.25) is 0 Å². The van der Waals surface area contributed by atoms with Crippen LogP contribution in [-0.2, 0) is 13.0 Å². The second-order valence-electron chi connectivity index (χ2n) is 3.60. The third kappa shape index (κ3) is 2.00. The Labute approximate surface area is 93.5 Å². The fourth-order valence-electron chi connectivity index (χ4n) is 1.93. The summed E-state index contributed by atoms with van der Waals surface area (Å²) in [5.74, 6) is 0. The molecule has 0 saturated heterocycles. The molecular weight excluding hydrogens is 210 g/mol. The molecule has 0 aliphatic heterocycles. The molecule has 82 valence electrons. The predicted octanol–water partition coefficient (Wildman–Crippen LogP) is 0.897. The van der Waals surface area contributed by atoms with Gasteiger partial charge in [-0.25, -0.2) is 9.97 Å².